The van der Waals surface area contributed by atoms with E-state index < -0.39 is 5.97 Å². The van der Waals surface area contributed by atoms with Crippen LogP contribution in [0.2, 0.25) is 0 Å². The number of nitrogens with two attached hydrogens (primary N) is 1. The average Bonchev–Trinajstić information content (AvgIpc) is 3.56. The second-order valence-electron chi connectivity index (χ2n) is 8.81. The highest BCUT2D eigenvalue weighted by Crippen LogP contribution is 2.49. The first-order chi connectivity index (χ1) is 17.4. The number of ether oxygens (including phenoxy) is 1. The molecule has 9 heteroatoms. The zero-order valence-electron chi connectivity index (χ0n) is 20.9. The Kier molecular flexibility index (Phi) is 7.28. The lowest BCUT2D eigenvalue weighted by Gasteiger charge is -2.13. The standard InChI is InChI=1S/C27H30N6O3/c1-5-29-16-24(31-28)21-14-22(21)25-23(27(35)36-4)15-30-33(25)20-11-7-9-18(13-20)17-8-6-10-19(12-17)26(34)32(2)3/h6-13,15-16,21-22H,5,14,28H2,1-4H3. The van der Waals surface area contributed by atoms with Gasteiger partial charge in [0.1, 0.15) is 5.56 Å². The highest BCUT2D eigenvalue weighted by atomic mass is 16.5. The number of amides is 1. The molecule has 0 radical (unpaired) electrons. The van der Waals surface area contributed by atoms with Crippen LogP contribution < -0.4 is 5.84 Å². The number of esters is 1. The minimum absolute atomic E-state index is 0.00287. The Morgan fingerprint density at radius 3 is 2.58 bits per heavy atom. The van der Waals surface area contributed by atoms with Crippen molar-refractivity contribution in [1.29, 1.82) is 0 Å². The monoisotopic (exact) mass is 486 g/mol. The molecule has 0 saturated heterocycles. The van der Waals surface area contributed by atoms with Gasteiger partial charge in [-0.3, -0.25) is 9.79 Å². The van der Waals surface area contributed by atoms with Gasteiger partial charge < -0.3 is 15.5 Å². The molecular weight excluding hydrogens is 456 g/mol. The first-order valence-corrected chi connectivity index (χ1v) is 11.8. The Bertz CT molecular complexity index is 1340. The number of methoxy groups -OCH3 is 1. The summed E-state index contributed by atoms with van der Waals surface area (Å²) in [7, 11) is 4.82. The van der Waals surface area contributed by atoms with Crippen LogP contribution in [0.1, 0.15) is 45.7 Å². The van der Waals surface area contributed by atoms with Crippen LogP contribution in [0.25, 0.3) is 16.8 Å². The molecule has 2 unspecified atom stereocenters. The summed E-state index contributed by atoms with van der Waals surface area (Å²) < 4.78 is 6.81. The summed E-state index contributed by atoms with van der Waals surface area (Å²) in [5, 5.41) is 8.48. The third-order valence-corrected chi connectivity index (χ3v) is 6.23. The van der Waals surface area contributed by atoms with Crippen LogP contribution in [0, 0.1) is 5.92 Å². The van der Waals surface area contributed by atoms with Crippen LogP contribution in [0.3, 0.4) is 0 Å². The molecule has 1 aliphatic rings. The number of aromatic nitrogens is 2. The first kappa shape index (κ1) is 24.8. The fraction of sp³-hybridized carbons (Fsp3) is 0.296. The summed E-state index contributed by atoms with van der Waals surface area (Å²) >= 11 is 0. The van der Waals surface area contributed by atoms with Gasteiger partial charge in [0.2, 0.25) is 0 Å². The van der Waals surface area contributed by atoms with Gasteiger partial charge in [-0.1, -0.05) is 24.3 Å². The third-order valence-electron chi connectivity index (χ3n) is 6.23. The SMILES string of the molecule is CCN=CC(=NN)C1CC1c1c(C(=O)OC)cnn1-c1cccc(-c2cccc(C(=O)N(C)C)c2)c1. The summed E-state index contributed by atoms with van der Waals surface area (Å²) in [6.45, 7) is 2.58. The second kappa shape index (κ2) is 10.6. The number of aliphatic imine (C=N–C) groups is 1. The van der Waals surface area contributed by atoms with E-state index in [1.54, 1.807) is 42.2 Å². The number of hydrogen-bond acceptors (Lipinski definition) is 7. The largest absolute Gasteiger partial charge is 0.465 e. The average molecular weight is 487 g/mol. The molecule has 2 atom stereocenters. The summed E-state index contributed by atoms with van der Waals surface area (Å²) in [4.78, 5) is 30.9. The number of hydrogen-bond donors (Lipinski definition) is 1. The molecule has 2 N–H and O–H groups in total. The maximum atomic E-state index is 12.6. The van der Waals surface area contributed by atoms with E-state index in [1.165, 1.54) is 7.11 Å². The summed E-state index contributed by atoms with van der Waals surface area (Å²) in [5.74, 6) is 5.17. The lowest BCUT2D eigenvalue weighted by molar-refractivity contribution is 0.0599. The molecule has 3 aromatic rings. The normalized spacial score (nSPS) is 17.3. The Hall–Kier alpha value is -4.27. The zero-order valence-corrected chi connectivity index (χ0v) is 20.9. The maximum absolute atomic E-state index is 12.6. The van der Waals surface area contributed by atoms with Crippen LogP contribution in [0.5, 0.6) is 0 Å². The highest BCUT2D eigenvalue weighted by molar-refractivity contribution is 6.32. The fourth-order valence-electron chi connectivity index (χ4n) is 4.33. The molecule has 1 aromatic heterocycles. The third kappa shape index (κ3) is 4.91. The van der Waals surface area contributed by atoms with E-state index in [4.69, 9.17) is 10.6 Å². The minimum atomic E-state index is -0.443. The zero-order chi connectivity index (χ0) is 25.8. The topological polar surface area (TPSA) is 115 Å². The summed E-state index contributed by atoms with van der Waals surface area (Å²) in [6, 6.07) is 15.3. The fourth-order valence-corrected chi connectivity index (χ4v) is 4.33. The molecule has 1 amide bonds. The van der Waals surface area contributed by atoms with Gasteiger partial charge in [0.05, 0.1) is 30.4 Å². The van der Waals surface area contributed by atoms with Gasteiger partial charge in [-0.25, -0.2) is 9.48 Å². The van der Waals surface area contributed by atoms with Gasteiger partial charge >= 0.3 is 5.97 Å². The molecule has 0 spiro atoms. The Morgan fingerprint density at radius 2 is 1.92 bits per heavy atom. The highest BCUT2D eigenvalue weighted by Gasteiger charge is 2.46. The first-order valence-electron chi connectivity index (χ1n) is 11.8. The van der Waals surface area contributed by atoms with Gasteiger partial charge in [0, 0.05) is 44.3 Å². The van der Waals surface area contributed by atoms with E-state index in [0.717, 1.165) is 28.9 Å². The lowest BCUT2D eigenvalue weighted by Crippen LogP contribution is -2.21. The van der Waals surface area contributed by atoms with Crippen molar-refractivity contribution in [2.24, 2.45) is 21.9 Å². The molecular formula is C27H30N6O3. The van der Waals surface area contributed by atoms with E-state index in [2.05, 4.69) is 15.2 Å². The molecule has 36 heavy (non-hydrogen) atoms. The summed E-state index contributed by atoms with van der Waals surface area (Å²) in [5.41, 5.74) is 5.10. The van der Waals surface area contributed by atoms with Crippen LogP contribution in [0.15, 0.2) is 64.8 Å². The van der Waals surface area contributed by atoms with Gasteiger partial charge in [0.15, 0.2) is 0 Å². The molecule has 1 aliphatic carbocycles. The van der Waals surface area contributed by atoms with Gasteiger partial charge in [-0.05, 0) is 48.7 Å². The molecule has 9 nitrogen and oxygen atoms in total. The molecule has 186 valence electrons. The smallest absolute Gasteiger partial charge is 0.341 e. The van der Waals surface area contributed by atoms with E-state index in [9.17, 15) is 9.59 Å². The molecule has 4 rings (SSSR count). The van der Waals surface area contributed by atoms with Crippen LogP contribution in [-0.4, -0.2) is 66.2 Å². The van der Waals surface area contributed by atoms with Crippen LogP contribution >= 0.6 is 0 Å². The molecule has 1 saturated carbocycles. The number of hydrazone groups is 1. The molecule has 1 fully saturated rings. The molecule has 0 bridgehead atoms. The van der Waals surface area contributed by atoms with E-state index in [1.807, 2.05) is 49.4 Å². The van der Waals surface area contributed by atoms with E-state index in [-0.39, 0.29) is 17.7 Å². The lowest BCUT2D eigenvalue weighted by atomic mass is 10.0. The van der Waals surface area contributed by atoms with Crippen LogP contribution in [0.4, 0.5) is 0 Å². The van der Waals surface area contributed by atoms with Crippen molar-refractivity contribution in [3.63, 3.8) is 0 Å². The van der Waals surface area contributed by atoms with Crippen molar-refractivity contribution >= 4 is 23.8 Å². The van der Waals surface area contributed by atoms with Gasteiger partial charge in [-0.2, -0.15) is 10.2 Å². The second-order valence-corrected chi connectivity index (χ2v) is 8.81. The van der Waals surface area contributed by atoms with Crippen LogP contribution in [-0.2, 0) is 4.74 Å². The van der Waals surface area contributed by atoms with E-state index >= 15 is 0 Å². The van der Waals surface area contributed by atoms with Crippen molar-refractivity contribution < 1.29 is 14.3 Å². The maximum Gasteiger partial charge on any atom is 0.341 e. The van der Waals surface area contributed by atoms with Crippen molar-refractivity contribution in [2.45, 2.75) is 19.3 Å². The quantitative estimate of drug-likeness (QED) is 0.226. The predicted octanol–water partition coefficient (Wildman–Crippen LogP) is 3.54. The summed E-state index contributed by atoms with van der Waals surface area (Å²) in [6.07, 6.45) is 4.01. The van der Waals surface area contributed by atoms with Gasteiger partial charge in [0.25, 0.3) is 5.91 Å². The predicted molar refractivity (Wildman–Crippen MR) is 140 cm³/mol. The molecule has 2 aromatic carbocycles. The minimum Gasteiger partial charge on any atom is -0.465 e. The van der Waals surface area contributed by atoms with Crippen molar-refractivity contribution in [1.82, 2.24) is 14.7 Å². The molecule has 0 aliphatic heterocycles. The van der Waals surface area contributed by atoms with Crippen molar-refractivity contribution in [3.05, 3.63) is 71.5 Å². The van der Waals surface area contributed by atoms with E-state index in [0.29, 0.717) is 23.4 Å². The number of carbonyl (C=O) groups is 2. The number of rotatable bonds is 8. The number of carbonyl (C=O) groups excluding carboxylic acids is 2. The van der Waals surface area contributed by atoms with Crippen molar-refractivity contribution in [2.75, 3.05) is 27.7 Å². The molecule has 1 heterocycles. The van der Waals surface area contributed by atoms with Crippen molar-refractivity contribution in [3.8, 4) is 16.8 Å². The number of benzene rings is 2. The Balaban J connectivity index is 1.74. The Morgan fingerprint density at radius 1 is 1.19 bits per heavy atom. The number of nitrogens with zero attached hydrogens (tertiary/aromatic N) is 5. The van der Waals surface area contributed by atoms with Gasteiger partial charge in [-0.15, -0.1) is 0 Å². The Labute approximate surface area is 210 Å².